The second-order valence-electron chi connectivity index (χ2n) is 4.00. The Morgan fingerprint density at radius 3 is 2.71 bits per heavy atom. The lowest BCUT2D eigenvalue weighted by atomic mass is 10.0. The van der Waals surface area contributed by atoms with E-state index in [-0.39, 0.29) is 0 Å². The SMILES string of the molecule is Brc1ccc2c3c(coc13)-c1ccccc1O2. The van der Waals surface area contributed by atoms with Gasteiger partial charge in [-0.3, -0.25) is 0 Å². The van der Waals surface area contributed by atoms with E-state index in [4.69, 9.17) is 9.15 Å². The zero-order valence-corrected chi connectivity index (χ0v) is 10.3. The van der Waals surface area contributed by atoms with Crippen molar-refractivity contribution in [2.75, 3.05) is 0 Å². The van der Waals surface area contributed by atoms with Gasteiger partial charge in [0.05, 0.1) is 16.1 Å². The molecule has 0 spiro atoms. The summed E-state index contributed by atoms with van der Waals surface area (Å²) in [6.45, 7) is 0. The summed E-state index contributed by atoms with van der Waals surface area (Å²) < 4.78 is 12.5. The van der Waals surface area contributed by atoms with Crippen LogP contribution in [0.3, 0.4) is 0 Å². The van der Waals surface area contributed by atoms with Gasteiger partial charge >= 0.3 is 0 Å². The van der Waals surface area contributed by atoms with Gasteiger partial charge in [0, 0.05) is 11.1 Å². The molecular weight excluding hydrogens is 280 g/mol. The first-order valence-corrected chi connectivity index (χ1v) is 6.11. The van der Waals surface area contributed by atoms with Gasteiger partial charge in [-0.15, -0.1) is 0 Å². The van der Waals surface area contributed by atoms with E-state index in [9.17, 15) is 0 Å². The lowest BCUT2D eigenvalue weighted by Crippen LogP contribution is -1.93. The molecule has 1 aliphatic rings. The van der Waals surface area contributed by atoms with Crippen molar-refractivity contribution in [2.24, 2.45) is 0 Å². The summed E-state index contributed by atoms with van der Waals surface area (Å²) >= 11 is 3.49. The first kappa shape index (κ1) is 9.31. The van der Waals surface area contributed by atoms with E-state index in [1.807, 2.05) is 36.4 Å². The first-order valence-electron chi connectivity index (χ1n) is 5.31. The Hall–Kier alpha value is -1.74. The standard InChI is InChI=1S/C14H7BrO2/c15-10-5-6-12-13-9(7-16-14(10)13)8-3-1-2-4-11(8)17-12/h1-7H. The van der Waals surface area contributed by atoms with Gasteiger partial charge < -0.3 is 9.15 Å². The van der Waals surface area contributed by atoms with Gasteiger partial charge in [-0.05, 0) is 34.1 Å². The molecule has 2 aromatic carbocycles. The number of furan rings is 1. The average molecular weight is 287 g/mol. The molecule has 1 aromatic heterocycles. The van der Waals surface area contributed by atoms with Gasteiger partial charge in [0.25, 0.3) is 0 Å². The largest absolute Gasteiger partial charge is 0.462 e. The quantitative estimate of drug-likeness (QED) is 0.455. The number of fused-ring (bicyclic) bond motifs is 2. The molecule has 0 saturated heterocycles. The van der Waals surface area contributed by atoms with Crippen LogP contribution in [0.4, 0.5) is 0 Å². The van der Waals surface area contributed by atoms with Crippen LogP contribution in [0, 0.1) is 0 Å². The van der Waals surface area contributed by atoms with Gasteiger partial charge in [0.1, 0.15) is 11.5 Å². The van der Waals surface area contributed by atoms with Crippen LogP contribution in [-0.4, -0.2) is 0 Å². The number of hydrogen-bond donors (Lipinski definition) is 0. The zero-order chi connectivity index (χ0) is 11.4. The van der Waals surface area contributed by atoms with Crippen LogP contribution in [-0.2, 0) is 0 Å². The topological polar surface area (TPSA) is 22.4 Å². The van der Waals surface area contributed by atoms with E-state index in [2.05, 4.69) is 15.9 Å². The highest BCUT2D eigenvalue weighted by molar-refractivity contribution is 9.10. The zero-order valence-electron chi connectivity index (χ0n) is 8.74. The maximum atomic E-state index is 5.88. The molecule has 0 fully saturated rings. The third kappa shape index (κ3) is 1.15. The molecule has 0 bridgehead atoms. The van der Waals surface area contributed by atoms with Crippen LogP contribution in [0.1, 0.15) is 0 Å². The summed E-state index contributed by atoms with van der Waals surface area (Å²) in [4.78, 5) is 0. The molecule has 3 aromatic rings. The monoisotopic (exact) mass is 286 g/mol. The van der Waals surface area contributed by atoms with Crippen LogP contribution in [0.5, 0.6) is 11.5 Å². The van der Waals surface area contributed by atoms with Gasteiger partial charge in [-0.25, -0.2) is 0 Å². The number of hydrogen-bond acceptors (Lipinski definition) is 2. The summed E-state index contributed by atoms with van der Waals surface area (Å²) in [6.07, 6.45) is 1.79. The van der Waals surface area contributed by atoms with Crippen molar-refractivity contribution >= 4 is 26.9 Å². The first-order chi connectivity index (χ1) is 8.34. The molecular formula is C14H7BrO2. The van der Waals surface area contributed by atoms with E-state index in [0.29, 0.717) is 0 Å². The molecule has 17 heavy (non-hydrogen) atoms. The highest BCUT2D eigenvalue weighted by atomic mass is 79.9. The van der Waals surface area contributed by atoms with Gasteiger partial charge in [0.2, 0.25) is 0 Å². The molecule has 2 nitrogen and oxygen atoms in total. The normalized spacial score (nSPS) is 12.3. The Morgan fingerprint density at radius 2 is 1.76 bits per heavy atom. The third-order valence-electron chi connectivity index (χ3n) is 3.03. The minimum absolute atomic E-state index is 0.840. The third-order valence-corrected chi connectivity index (χ3v) is 3.66. The molecule has 2 heterocycles. The summed E-state index contributed by atoms with van der Waals surface area (Å²) in [5, 5.41) is 1.04. The molecule has 0 saturated carbocycles. The fourth-order valence-corrected chi connectivity index (χ4v) is 2.69. The fourth-order valence-electron chi connectivity index (χ4n) is 2.27. The number of benzene rings is 2. The van der Waals surface area contributed by atoms with Crippen molar-refractivity contribution in [3.8, 4) is 22.6 Å². The van der Waals surface area contributed by atoms with Crippen molar-refractivity contribution < 1.29 is 9.15 Å². The predicted octanol–water partition coefficient (Wildman–Crippen LogP) is 4.97. The molecule has 82 valence electrons. The van der Waals surface area contributed by atoms with Crippen LogP contribution >= 0.6 is 15.9 Å². The van der Waals surface area contributed by atoms with Crippen molar-refractivity contribution in [3.63, 3.8) is 0 Å². The summed E-state index contributed by atoms with van der Waals surface area (Å²) in [5.41, 5.74) is 3.02. The molecule has 3 heteroatoms. The molecule has 0 unspecified atom stereocenters. The Balaban J connectivity index is 2.20. The molecule has 0 amide bonds. The van der Waals surface area contributed by atoms with Crippen molar-refractivity contribution in [2.45, 2.75) is 0 Å². The van der Waals surface area contributed by atoms with Crippen LogP contribution < -0.4 is 4.74 Å². The van der Waals surface area contributed by atoms with Crippen LogP contribution in [0.2, 0.25) is 0 Å². The molecule has 1 aliphatic heterocycles. The number of ether oxygens (including phenoxy) is 1. The number of rotatable bonds is 0. The van der Waals surface area contributed by atoms with E-state index in [0.717, 1.165) is 38.1 Å². The smallest absolute Gasteiger partial charge is 0.152 e. The second-order valence-corrected chi connectivity index (χ2v) is 4.85. The maximum absolute atomic E-state index is 5.88. The second kappa shape index (κ2) is 3.14. The van der Waals surface area contributed by atoms with Crippen LogP contribution in [0.15, 0.2) is 51.6 Å². The average Bonchev–Trinajstić information content (AvgIpc) is 2.80. The lowest BCUT2D eigenvalue weighted by molar-refractivity contribution is 0.487. The predicted molar refractivity (Wildman–Crippen MR) is 69.4 cm³/mol. The summed E-state index contributed by atoms with van der Waals surface area (Å²) in [7, 11) is 0. The van der Waals surface area contributed by atoms with E-state index < -0.39 is 0 Å². The summed E-state index contributed by atoms with van der Waals surface area (Å²) in [6, 6.07) is 11.9. The molecule has 4 rings (SSSR count). The Labute approximate surface area is 106 Å². The minimum atomic E-state index is 0.840. The molecule has 0 radical (unpaired) electrons. The summed E-state index contributed by atoms with van der Waals surface area (Å²) in [5.74, 6) is 1.73. The molecule has 0 aliphatic carbocycles. The highest BCUT2D eigenvalue weighted by Gasteiger charge is 2.23. The van der Waals surface area contributed by atoms with Crippen molar-refractivity contribution in [3.05, 3.63) is 47.1 Å². The molecule has 0 N–H and O–H groups in total. The minimum Gasteiger partial charge on any atom is -0.462 e. The van der Waals surface area contributed by atoms with Crippen LogP contribution in [0.25, 0.3) is 22.1 Å². The fraction of sp³-hybridized carbons (Fsp3) is 0. The lowest BCUT2D eigenvalue weighted by Gasteiger charge is -2.16. The number of halogens is 1. The van der Waals surface area contributed by atoms with E-state index in [1.54, 1.807) is 6.26 Å². The Morgan fingerprint density at radius 1 is 0.882 bits per heavy atom. The van der Waals surface area contributed by atoms with E-state index in [1.165, 1.54) is 0 Å². The van der Waals surface area contributed by atoms with Crippen molar-refractivity contribution in [1.29, 1.82) is 0 Å². The highest BCUT2D eigenvalue weighted by Crippen LogP contribution is 2.48. The van der Waals surface area contributed by atoms with Gasteiger partial charge in [0.15, 0.2) is 5.58 Å². The molecule has 0 atom stereocenters. The van der Waals surface area contributed by atoms with Gasteiger partial charge in [-0.1, -0.05) is 18.2 Å². The number of para-hydroxylation sites is 1. The Bertz CT molecular complexity index is 743. The van der Waals surface area contributed by atoms with Crippen molar-refractivity contribution in [1.82, 2.24) is 0 Å². The maximum Gasteiger partial charge on any atom is 0.152 e. The Kier molecular flexibility index (Phi) is 1.72. The van der Waals surface area contributed by atoms with E-state index >= 15 is 0 Å². The van der Waals surface area contributed by atoms with Gasteiger partial charge in [-0.2, -0.15) is 0 Å².